The molecule has 0 bridgehead atoms. The van der Waals surface area contributed by atoms with Gasteiger partial charge in [0.15, 0.2) is 11.7 Å². The average molecular weight is 950 g/mol. The molecule has 3 aromatic heterocycles. The number of aromatic nitrogens is 3. The lowest BCUT2D eigenvalue weighted by Crippen LogP contribution is -2.52. The van der Waals surface area contributed by atoms with Crippen LogP contribution in [0.4, 0.5) is 9.59 Å². The smallest absolute Gasteiger partial charge is 0.407 e. The molecule has 5 heterocycles. The number of ether oxygens (including phenoxy) is 2. The molecule has 4 unspecified atom stereocenters. The molecule has 0 radical (unpaired) electrons. The van der Waals surface area contributed by atoms with Crippen molar-refractivity contribution in [2.75, 3.05) is 33.9 Å². The summed E-state index contributed by atoms with van der Waals surface area (Å²) < 4.78 is 15.7. The van der Waals surface area contributed by atoms with Crippen LogP contribution in [0.15, 0.2) is 45.6 Å². The fourth-order valence-corrected chi connectivity index (χ4v) is 12.2. The molecule has 2 fully saturated rings. The number of benzene rings is 1. The zero-order chi connectivity index (χ0) is 48.4. The molecule has 2 aliphatic heterocycles. The van der Waals surface area contributed by atoms with E-state index >= 15 is 0 Å². The van der Waals surface area contributed by atoms with Crippen molar-refractivity contribution >= 4 is 63.3 Å². The highest BCUT2D eigenvalue weighted by Crippen LogP contribution is 2.56. The Hall–Kier alpha value is -5.84. The number of carbonyl (C=O) groups is 4. The van der Waals surface area contributed by atoms with Crippen LogP contribution in [0.5, 0.6) is 0 Å². The van der Waals surface area contributed by atoms with E-state index in [1.54, 1.807) is 11.1 Å². The van der Waals surface area contributed by atoms with Crippen LogP contribution in [0, 0.1) is 17.3 Å². The summed E-state index contributed by atoms with van der Waals surface area (Å²) in [5.41, 5.74) is 9.37. The number of carbonyl (C=O) groups excluding carboxylic acids is 4. The number of imidazole rings is 1. The number of allylic oxidation sites excluding steroid dienone is 1. The van der Waals surface area contributed by atoms with E-state index < -0.39 is 30.4 Å². The minimum atomic E-state index is -0.720. The van der Waals surface area contributed by atoms with Gasteiger partial charge in [-0.3, -0.25) is 19.6 Å². The molecule has 1 aromatic carbocycles. The van der Waals surface area contributed by atoms with Crippen LogP contribution in [0.25, 0.3) is 38.2 Å². The predicted molar refractivity (Wildman–Crippen MR) is 265 cm³/mol. The van der Waals surface area contributed by atoms with E-state index in [2.05, 4.69) is 32.9 Å². The number of fused-ring (bicyclic) bond motifs is 2. The molecular formula is C51H67N9O7S. The molecule has 17 heteroatoms. The summed E-state index contributed by atoms with van der Waals surface area (Å²) >= 11 is 1.82. The molecule has 4 amide bonds. The van der Waals surface area contributed by atoms with Gasteiger partial charge in [-0.15, -0.1) is 11.3 Å². The van der Waals surface area contributed by atoms with Gasteiger partial charge in [0.2, 0.25) is 11.8 Å². The topological polar surface area (TPSA) is 197 Å². The zero-order valence-corrected chi connectivity index (χ0v) is 41.6. The molecule has 8 rings (SSSR count). The molecular weight excluding hydrogens is 883 g/mol. The summed E-state index contributed by atoms with van der Waals surface area (Å²) in [6.45, 7) is 17.8. The highest BCUT2D eigenvalue weighted by Gasteiger charge is 2.44. The number of thiophene rings is 1. The van der Waals surface area contributed by atoms with Crippen LogP contribution < -0.4 is 10.6 Å². The lowest BCUT2D eigenvalue weighted by atomic mass is 9.83. The molecule has 4 atom stereocenters. The van der Waals surface area contributed by atoms with Crippen molar-refractivity contribution in [2.24, 2.45) is 27.2 Å². The second-order valence-electron chi connectivity index (χ2n) is 19.8. The number of likely N-dealkylation sites (tertiary alicyclic amines) is 1. The monoisotopic (exact) mass is 949 g/mol. The molecule has 1 saturated carbocycles. The number of hydrogen-bond acceptors (Lipinski definition) is 12. The van der Waals surface area contributed by atoms with Gasteiger partial charge >= 0.3 is 12.2 Å². The number of methoxy groups -OCH3 is 2. The Morgan fingerprint density at radius 2 is 1.66 bits per heavy atom. The van der Waals surface area contributed by atoms with Crippen molar-refractivity contribution in [3.8, 4) is 21.7 Å². The third-order valence-corrected chi connectivity index (χ3v) is 15.8. The molecule has 16 nitrogen and oxygen atoms in total. The van der Waals surface area contributed by atoms with Gasteiger partial charge < -0.3 is 39.4 Å². The summed E-state index contributed by atoms with van der Waals surface area (Å²) in [5, 5.41) is 10.7. The van der Waals surface area contributed by atoms with E-state index in [1.807, 2.05) is 64.0 Å². The summed E-state index contributed by atoms with van der Waals surface area (Å²) in [6.07, 6.45) is 12.7. The average Bonchev–Trinajstić information content (AvgIpc) is 4.19. The van der Waals surface area contributed by atoms with Gasteiger partial charge in [-0.1, -0.05) is 65.3 Å². The van der Waals surface area contributed by atoms with Crippen molar-refractivity contribution in [1.82, 2.24) is 35.6 Å². The largest absolute Gasteiger partial charge is 0.453 e. The summed E-state index contributed by atoms with van der Waals surface area (Å²) in [6, 6.07) is 2.56. The van der Waals surface area contributed by atoms with Crippen molar-refractivity contribution in [3.05, 3.63) is 52.9 Å². The molecule has 2 aliphatic carbocycles. The normalized spacial score (nSPS) is 19.4. The highest BCUT2D eigenvalue weighted by atomic mass is 32.1. The minimum Gasteiger partial charge on any atom is -0.453 e. The first-order valence-corrected chi connectivity index (χ1v) is 25.1. The number of aliphatic imine (C=N–C) groups is 2. The molecule has 364 valence electrons. The van der Waals surface area contributed by atoms with Crippen molar-refractivity contribution in [3.63, 3.8) is 0 Å². The van der Waals surface area contributed by atoms with Gasteiger partial charge in [0, 0.05) is 34.0 Å². The number of H-pyrrole nitrogens is 1. The minimum absolute atomic E-state index is 0.126. The van der Waals surface area contributed by atoms with E-state index in [9.17, 15) is 19.2 Å². The lowest BCUT2D eigenvalue weighted by molar-refractivity contribution is -0.136. The van der Waals surface area contributed by atoms with E-state index in [-0.39, 0.29) is 35.1 Å². The number of alkyl carbamates (subject to hydrolysis) is 2. The van der Waals surface area contributed by atoms with Gasteiger partial charge in [0.25, 0.3) is 0 Å². The van der Waals surface area contributed by atoms with Crippen LogP contribution >= 0.6 is 11.3 Å². The Bertz CT molecular complexity index is 2620. The van der Waals surface area contributed by atoms with E-state index in [1.165, 1.54) is 60.8 Å². The number of rotatable bonds is 17. The van der Waals surface area contributed by atoms with Crippen LogP contribution in [-0.2, 0) is 31.9 Å². The fraction of sp³-hybridized carbons (Fsp3) is 0.569. The van der Waals surface area contributed by atoms with E-state index in [0.29, 0.717) is 37.5 Å². The van der Waals surface area contributed by atoms with Crippen molar-refractivity contribution < 1.29 is 33.2 Å². The number of nitrogens with one attached hydrogen (secondary N) is 3. The summed E-state index contributed by atoms with van der Waals surface area (Å²) in [7, 11) is 2.59. The second-order valence-corrected chi connectivity index (χ2v) is 20.8. The van der Waals surface area contributed by atoms with E-state index in [0.717, 1.165) is 77.7 Å². The Morgan fingerprint density at radius 1 is 0.971 bits per heavy atom. The Kier molecular flexibility index (Phi) is 14.6. The van der Waals surface area contributed by atoms with Crippen molar-refractivity contribution in [1.29, 1.82) is 0 Å². The standard InChI is InChI=1S/C51H67N9O7S/c1-10-21-59(47(61)41(28(2)3)57-49(63)65-8)27-40-54-31(7)37(55-40)18-15-30(6)44-34-23-51(19-11-12-20-51)24-35(34)45(68-44)32-16-17-33(43-36(32)25-53-67-43)38-26-52-46(56-38)39-14-13-22-60(39)48(62)42(29(4)5)58-50(64)66-9/h16-17,25-26,28-29,39-42H,6,10-15,18-24,27H2,1-5,7-9H3,(H,52,56)(H,57,63)(H,58,64). The van der Waals surface area contributed by atoms with Gasteiger partial charge in [-0.05, 0) is 105 Å². The first-order chi connectivity index (χ1) is 32.6. The van der Waals surface area contributed by atoms with Gasteiger partial charge in [0.1, 0.15) is 17.9 Å². The van der Waals surface area contributed by atoms with Crippen LogP contribution in [0.3, 0.4) is 0 Å². The second kappa shape index (κ2) is 20.4. The fourth-order valence-electron chi connectivity index (χ4n) is 10.8. The summed E-state index contributed by atoms with van der Waals surface area (Å²) in [5.74, 6) is 0.103. The Labute approximate surface area is 402 Å². The third-order valence-electron chi connectivity index (χ3n) is 14.4. The maximum absolute atomic E-state index is 13.8. The highest BCUT2D eigenvalue weighted by molar-refractivity contribution is 7.17. The Balaban J connectivity index is 1.02. The van der Waals surface area contributed by atoms with Crippen LogP contribution in [-0.4, -0.2) is 112 Å². The number of amides is 4. The maximum atomic E-state index is 13.8. The van der Waals surface area contributed by atoms with Gasteiger partial charge in [-0.2, -0.15) is 0 Å². The lowest BCUT2D eigenvalue weighted by Gasteiger charge is -2.30. The molecule has 68 heavy (non-hydrogen) atoms. The molecule has 1 saturated heterocycles. The molecule has 4 aromatic rings. The molecule has 1 spiro atoms. The first kappa shape index (κ1) is 48.6. The first-order valence-electron chi connectivity index (χ1n) is 24.3. The summed E-state index contributed by atoms with van der Waals surface area (Å²) in [4.78, 5) is 76.1. The van der Waals surface area contributed by atoms with Crippen LogP contribution in [0.1, 0.15) is 127 Å². The van der Waals surface area contributed by atoms with Gasteiger partial charge in [0.05, 0.1) is 61.7 Å². The zero-order valence-electron chi connectivity index (χ0n) is 40.8. The quantitative estimate of drug-likeness (QED) is 0.0924. The maximum Gasteiger partial charge on any atom is 0.407 e. The van der Waals surface area contributed by atoms with Crippen molar-refractivity contribution in [2.45, 2.75) is 136 Å². The van der Waals surface area contributed by atoms with Crippen LogP contribution in [0.2, 0.25) is 0 Å². The van der Waals surface area contributed by atoms with E-state index in [4.69, 9.17) is 35.5 Å². The Morgan fingerprint density at radius 3 is 2.35 bits per heavy atom. The number of nitrogens with zero attached hydrogens (tertiary/aromatic N) is 6. The number of hydrogen-bond donors (Lipinski definition) is 3. The SMILES string of the molecule is C=C(CCC1=NC(CN(CCC)C(=O)C(NC(=O)OC)C(C)C)N=C1C)c1sc(-c2ccc(-c3cnc(C4CCCN4C(=O)C(NC(=O)OC)C(C)C)[nH]3)c3oncc23)c2c1CC1(CCCC1)C2. The third kappa shape index (κ3) is 9.72. The molecule has 4 aliphatic rings. The number of aromatic amines is 1. The van der Waals surface area contributed by atoms with Gasteiger partial charge in [-0.25, -0.2) is 14.6 Å². The predicted octanol–water partition coefficient (Wildman–Crippen LogP) is 9.30. The molecule has 3 N–H and O–H groups in total.